The van der Waals surface area contributed by atoms with Gasteiger partial charge in [0.15, 0.2) is 0 Å². The third kappa shape index (κ3) is 2.76. The van der Waals surface area contributed by atoms with E-state index in [1.54, 1.807) is 30.3 Å². The zero-order chi connectivity index (χ0) is 14.6. The standard InChI is InChI=1S/C15H10FNO2S/c16-15-9-5-4-6-12(15)10-14(11-17)20(18,19)13-7-2-1-3-8-13/h1-10H. The Balaban J connectivity index is 2.55. The number of sulfone groups is 1. The van der Waals surface area contributed by atoms with E-state index in [1.165, 1.54) is 30.3 Å². The van der Waals surface area contributed by atoms with E-state index in [0.717, 1.165) is 6.08 Å². The van der Waals surface area contributed by atoms with Gasteiger partial charge in [-0.3, -0.25) is 0 Å². The van der Waals surface area contributed by atoms with Crippen molar-refractivity contribution in [1.82, 2.24) is 0 Å². The maximum atomic E-state index is 13.5. The summed E-state index contributed by atoms with van der Waals surface area (Å²) in [7, 11) is -3.93. The van der Waals surface area contributed by atoms with Crippen molar-refractivity contribution in [2.45, 2.75) is 4.90 Å². The Labute approximate surface area is 116 Å². The lowest BCUT2D eigenvalue weighted by molar-refractivity contribution is 0.603. The molecule has 2 aromatic rings. The van der Waals surface area contributed by atoms with Crippen LogP contribution >= 0.6 is 0 Å². The molecule has 20 heavy (non-hydrogen) atoms. The first kappa shape index (κ1) is 14.0. The summed E-state index contributed by atoms with van der Waals surface area (Å²) in [4.78, 5) is -0.488. The van der Waals surface area contributed by atoms with Gasteiger partial charge in [0.1, 0.15) is 16.8 Å². The molecule has 5 heteroatoms. The van der Waals surface area contributed by atoms with Crippen LogP contribution in [0.3, 0.4) is 0 Å². The van der Waals surface area contributed by atoms with Gasteiger partial charge in [-0.15, -0.1) is 0 Å². The van der Waals surface area contributed by atoms with Crippen molar-refractivity contribution in [1.29, 1.82) is 5.26 Å². The minimum atomic E-state index is -3.93. The molecule has 0 bridgehead atoms. The van der Waals surface area contributed by atoms with E-state index < -0.39 is 20.6 Å². The molecule has 0 unspecified atom stereocenters. The Morgan fingerprint density at radius 3 is 2.25 bits per heavy atom. The molecule has 0 aromatic heterocycles. The molecule has 0 amide bonds. The molecule has 0 N–H and O–H groups in total. The molecule has 0 aliphatic carbocycles. The van der Waals surface area contributed by atoms with Crippen molar-refractivity contribution in [3.63, 3.8) is 0 Å². The summed E-state index contributed by atoms with van der Waals surface area (Å²) in [5, 5.41) is 9.06. The lowest BCUT2D eigenvalue weighted by Crippen LogP contribution is -2.03. The summed E-state index contributed by atoms with van der Waals surface area (Å²) in [6, 6.07) is 14.9. The molecular formula is C15H10FNO2S. The van der Waals surface area contributed by atoms with Crippen LogP contribution in [0.25, 0.3) is 6.08 Å². The summed E-state index contributed by atoms with van der Waals surface area (Å²) in [5.41, 5.74) is 0.0588. The number of hydrogen-bond acceptors (Lipinski definition) is 3. The minimum Gasteiger partial charge on any atom is -0.218 e. The first-order chi connectivity index (χ1) is 9.55. The smallest absolute Gasteiger partial charge is 0.216 e. The fourth-order valence-electron chi connectivity index (χ4n) is 1.63. The highest BCUT2D eigenvalue weighted by Crippen LogP contribution is 2.21. The van der Waals surface area contributed by atoms with Crippen LogP contribution in [0.2, 0.25) is 0 Å². The summed E-state index contributed by atoms with van der Waals surface area (Å²) in [5.74, 6) is -0.580. The fraction of sp³-hybridized carbons (Fsp3) is 0. The molecule has 0 spiro atoms. The summed E-state index contributed by atoms with van der Waals surface area (Å²) < 4.78 is 38.1. The Bertz CT molecular complexity index is 790. The maximum absolute atomic E-state index is 13.5. The van der Waals surface area contributed by atoms with Gasteiger partial charge in [-0.1, -0.05) is 36.4 Å². The van der Waals surface area contributed by atoms with Gasteiger partial charge in [0, 0.05) is 5.56 Å². The first-order valence-corrected chi connectivity index (χ1v) is 7.20. The van der Waals surface area contributed by atoms with E-state index in [0.29, 0.717) is 0 Å². The Morgan fingerprint density at radius 2 is 1.65 bits per heavy atom. The Hall–Kier alpha value is -2.45. The lowest BCUT2D eigenvalue weighted by atomic mass is 10.2. The highest BCUT2D eigenvalue weighted by atomic mass is 32.2. The number of hydrogen-bond donors (Lipinski definition) is 0. The predicted octanol–water partition coefficient (Wildman–Crippen LogP) is 3.16. The van der Waals surface area contributed by atoms with Crippen molar-refractivity contribution in [2.24, 2.45) is 0 Å². The van der Waals surface area contributed by atoms with E-state index in [2.05, 4.69) is 0 Å². The lowest BCUT2D eigenvalue weighted by Gasteiger charge is -2.03. The zero-order valence-corrected chi connectivity index (χ0v) is 11.1. The fourth-order valence-corrected chi connectivity index (χ4v) is 2.80. The van der Waals surface area contributed by atoms with Gasteiger partial charge in [-0.2, -0.15) is 5.26 Å². The summed E-state index contributed by atoms with van der Waals surface area (Å²) in [6.45, 7) is 0. The normalized spacial score (nSPS) is 11.9. The molecule has 0 fully saturated rings. The molecule has 2 aromatic carbocycles. The highest BCUT2D eigenvalue weighted by Gasteiger charge is 2.20. The van der Waals surface area contributed by atoms with Gasteiger partial charge in [0.2, 0.25) is 9.84 Å². The van der Waals surface area contributed by atoms with Crippen LogP contribution in [0.4, 0.5) is 4.39 Å². The molecule has 0 atom stereocenters. The molecule has 0 saturated carbocycles. The molecular weight excluding hydrogens is 277 g/mol. The second-order valence-electron chi connectivity index (χ2n) is 3.96. The second-order valence-corrected chi connectivity index (χ2v) is 5.88. The molecule has 0 aliphatic rings. The summed E-state index contributed by atoms with van der Waals surface area (Å²) >= 11 is 0. The molecule has 100 valence electrons. The molecule has 3 nitrogen and oxygen atoms in total. The van der Waals surface area contributed by atoms with Crippen LogP contribution in [-0.4, -0.2) is 8.42 Å². The van der Waals surface area contributed by atoms with Gasteiger partial charge >= 0.3 is 0 Å². The zero-order valence-electron chi connectivity index (χ0n) is 10.3. The average Bonchev–Trinajstić information content (AvgIpc) is 2.47. The van der Waals surface area contributed by atoms with Crippen LogP contribution in [-0.2, 0) is 9.84 Å². The van der Waals surface area contributed by atoms with E-state index in [1.807, 2.05) is 0 Å². The second kappa shape index (κ2) is 5.68. The van der Waals surface area contributed by atoms with Crippen molar-refractivity contribution in [2.75, 3.05) is 0 Å². The van der Waals surface area contributed by atoms with Crippen LogP contribution in [0.5, 0.6) is 0 Å². The average molecular weight is 287 g/mol. The van der Waals surface area contributed by atoms with E-state index in [9.17, 15) is 12.8 Å². The maximum Gasteiger partial charge on any atom is 0.216 e. The molecule has 0 saturated heterocycles. The minimum absolute atomic E-state index is 0.00383. The number of benzene rings is 2. The molecule has 0 heterocycles. The van der Waals surface area contributed by atoms with E-state index in [4.69, 9.17) is 5.26 Å². The van der Waals surface area contributed by atoms with Crippen LogP contribution < -0.4 is 0 Å². The van der Waals surface area contributed by atoms with E-state index in [-0.39, 0.29) is 10.5 Å². The first-order valence-electron chi connectivity index (χ1n) is 5.72. The summed E-state index contributed by atoms with van der Waals surface area (Å²) in [6.07, 6.45) is 1.04. The van der Waals surface area contributed by atoms with E-state index >= 15 is 0 Å². The predicted molar refractivity (Wildman–Crippen MR) is 73.6 cm³/mol. The number of nitrogens with zero attached hydrogens (tertiary/aromatic N) is 1. The van der Waals surface area contributed by atoms with Gasteiger partial charge in [0.25, 0.3) is 0 Å². The highest BCUT2D eigenvalue weighted by molar-refractivity contribution is 7.95. The van der Waals surface area contributed by atoms with Crippen molar-refractivity contribution >= 4 is 15.9 Å². The molecule has 2 rings (SSSR count). The van der Waals surface area contributed by atoms with Crippen LogP contribution in [0.1, 0.15) is 5.56 Å². The Kier molecular flexibility index (Phi) is 3.97. The van der Waals surface area contributed by atoms with Gasteiger partial charge in [-0.25, -0.2) is 12.8 Å². The SMILES string of the molecule is N#CC(=Cc1ccccc1F)S(=O)(=O)c1ccccc1. The van der Waals surface area contributed by atoms with Crippen molar-refractivity contribution in [3.05, 3.63) is 70.9 Å². The number of rotatable bonds is 3. The topological polar surface area (TPSA) is 57.9 Å². The van der Waals surface area contributed by atoms with Crippen LogP contribution in [0.15, 0.2) is 64.4 Å². The van der Waals surface area contributed by atoms with Crippen molar-refractivity contribution < 1.29 is 12.8 Å². The van der Waals surface area contributed by atoms with Gasteiger partial charge in [-0.05, 0) is 24.3 Å². The third-order valence-corrected chi connectivity index (χ3v) is 4.33. The number of nitriles is 1. The number of halogens is 1. The quantitative estimate of drug-likeness (QED) is 0.815. The third-order valence-electron chi connectivity index (χ3n) is 2.65. The largest absolute Gasteiger partial charge is 0.218 e. The number of allylic oxidation sites excluding steroid dienone is 1. The Morgan fingerprint density at radius 1 is 1.05 bits per heavy atom. The van der Waals surface area contributed by atoms with Crippen LogP contribution in [0, 0.1) is 17.1 Å². The van der Waals surface area contributed by atoms with Gasteiger partial charge in [0.05, 0.1) is 4.90 Å². The monoisotopic (exact) mass is 287 g/mol. The molecule has 0 aliphatic heterocycles. The molecule has 0 radical (unpaired) electrons. The van der Waals surface area contributed by atoms with Gasteiger partial charge < -0.3 is 0 Å². The van der Waals surface area contributed by atoms with Crippen molar-refractivity contribution in [3.8, 4) is 6.07 Å².